The van der Waals surface area contributed by atoms with Crippen molar-refractivity contribution in [3.8, 4) is 0 Å². The van der Waals surface area contributed by atoms with Gasteiger partial charge in [-0.15, -0.1) is 23.7 Å². The summed E-state index contributed by atoms with van der Waals surface area (Å²) in [5.74, 6) is -0.403. The molecule has 1 saturated carbocycles. The molecule has 0 aliphatic heterocycles. The Morgan fingerprint density at radius 3 is 2.50 bits per heavy atom. The first kappa shape index (κ1) is 20.7. The van der Waals surface area contributed by atoms with E-state index in [1.54, 1.807) is 30.3 Å². The summed E-state index contributed by atoms with van der Waals surface area (Å²) in [6.45, 7) is 0. The maximum Gasteiger partial charge on any atom is 0.265 e. The van der Waals surface area contributed by atoms with E-state index < -0.39 is 0 Å². The van der Waals surface area contributed by atoms with Gasteiger partial charge in [0, 0.05) is 17.6 Å². The zero-order chi connectivity index (χ0) is 17.8. The molecule has 0 atom stereocenters. The van der Waals surface area contributed by atoms with Crippen LogP contribution in [-0.4, -0.2) is 23.9 Å². The minimum atomic E-state index is -0.240. The second kappa shape index (κ2) is 9.37. The molecule has 0 spiro atoms. The molecule has 0 saturated heterocycles. The lowest BCUT2D eigenvalue weighted by Crippen LogP contribution is -2.40. The Morgan fingerprint density at radius 2 is 1.85 bits per heavy atom. The highest BCUT2D eigenvalue weighted by molar-refractivity contribution is 7.12. The Hall–Kier alpha value is -1.60. The van der Waals surface area contributed by atoms with Crippen LogP contribution in [0.4, 0.5) is 5.69 Å². The first-order valence-corrected chi connectivity index (χ1v) is 9.49. The second-order valence-electron chi connectivity index (χ2n) is 6.21. The third-order valence-corrected chi connectivity index (χ3v) is 5.53. The minimum Gasteiger partial charge on any atom is -0.349 e. The quantitative estimate of drug-likeness (QED) is 0.705. The predicted octanol–water partition coefficient (Wildman–Crippen LogP) is 4.08. The third kappa shape index (κ3) is 5.20. The van der Waals surface area contributed by atoms with Crippen LogP contribution in [0.2, 0.25) is 5.02 Å². The Morgan fingerprint density at radius 1 is 1.12 bits per heavy atom. The molecule has 8 heteroatoms. The molecule has 0 unspecified atom stereocenters. The van der Waals surface area contributed by atoms with Crippen LogP contribution >= 0.6 is 35.3 Å². The average molecular weight is 414 g/mol. The number of anilines is 1. The van der Waals surface area contributed by atoms with E-state index in [9.17, 15) is 9.59 Å². The summed E-state index contributed by atoms with van der Waals surface area (Å²) in [4.78, 5) is 25.2. The van der Waals surface area contributed by atoms with Gasteiger partial charge < -0.3 is 16.4 Å². The van der Waals surface area contributed by atoms with E-state index in [0.717, 1.165) is 25.7 Å². The lowest BCUT2D eigenvalue weighted by Gasteiger charge is -2.26. The monoisotopic (exact) mass is 413 g/mol. The van der Waals surface area contributed by atoms with E-state index in [1.807, 2.05) is 5.38 Å². The lowest BCUT2D eigenvalue weighted by atomic mass is 9.91. The van der Waals surface area contributed by atoms with Crippen molar-refractivity contribution >= 4 is 52.8 Å². The van der Waals surface area contributed by atoms with Crippen LogP contribution in [0.5, 0.6) is 0 Å². The van der Waals surface area contributed by atoms with E-state index >= 15 is 0 Å². The predicted molar refractivity (Wildman–Crippen MR) is 109 cm³/mol. The van der Waals surface area contributed by atoms with Crippen molar-refractivity contribution in [1.82, 2.24) is 5.32 Å². The van der Waals surface area contributed by atoms with E-state index in [1.165, 1.54) is 11.3 Å². The Bertz CT molecular complexity index is 760. The summed E-state index contributed by atoms with van der Waals surface area (Å²) in [7, 11) is 0. The number of hydrogen-bond donors (Lipinski definition) is 3. The molecular formula is C18H21Cl2N3O2S. The van der Waals surface area contributed by atoms with E-state index in [0.29, 0.717) is 21.2 Å². The number of amides is 2. The average Bonchev–Trinajstić information content (AvgIpc) is 3.13. The number of benzene rings is 1. The molecule has 140 valence electrons. The summed E-state index contributed by atoms with van der Waals surface area (Å²) in [5.41, 5.74) is 6.80. The molecule has 1 heterocycles. The van der Waals surface area contributed by atoms with Gasteiger partial charge in [-0.1, -0.05) is 17.7 Å². The van der Waals surface area contributed by atoms with Crippen molar-refractivity contribution in [3.63, 3.8) is 0 Å². The molecule has 2 amide bonds. The summed E-state index contributed by atoms with van der Waals surface area (Å²) >= 11 is 7.50. The molecule has 1 aromatic carbocycles. The number of nitrogens with two attached hydrogens (primary N) is 1. The maximum atomic E-state index is 12.5. The molecule has 1 fully saturated rings. The molecular weight excluding hydrogens is 393 g/mol. The fourth-order valence-electron chi connectivity index (χ4n) is 2.89. The number of thiophene rings is 1. The lowest BCUT2D eigenvalue weighted by molar-refractivity contribution is 0.0925. The van der Waals surface area contributed by atoms with Crippen molar-refractivity contribution in [2.45, 2.75) is 37.8 Å². The topological polar surface area (TPSA) is 84.2 Å². The SMILES string of the molecule is Cl.NC1CCC(NC(=O)c2ccc(Cl)c(NC(=O)c3cccs3)c2)CC1. The highest BCUT2D eigenvalue weighted by Crippen LogP contribution is 2.25. The molecule has 2 aromatic rings. The molecule has 4 N–H and O–H groups in total. The largest absolute Gasteiger partial charge is 0.349 e. The molecule has 1 aromatic heterocycles. The van der Waals surface area contributed by atoms with E-state index in [4.69, 9.17) is 17.3 Å². The Labute approximate surface area is 167 Å². The first-order chi connectivity index (χ1) is 12.0. The van der Waals surface area contributed by atoms with Gasteiger partial charge in [-0.3, -0.25) is 9.59 Å². The van der Waals surface area contributed by atoms with Crippen molar-refractivity contribution in [2.24, 2.45) is 5.73 Å². The van der Waals surface area contributed by atoms with Crippen LogP contribution in [0.25, 0.3) is 0 Å². The highest BCUT2D eigenvalue weighted by atomic mass is 35.5. The second-order valence-corrected chi connectivity index (χ2v) is 7.57. The number of carbonyl (C=O) groups is 2. The summed E-state index contributed by atoms with van der Waals surface area (Å²) in [6.07, 6.45) is 3.63. The Kier molecular flexibility index (Phi) is 7.46. The zero-order valence-corrected chi connectivity index (χ0v) is 16.4. The number of hydrogen-bond acceptors (Lipinski definition) is 4. The van der Waals surface area contributed by atoms with Crippen LogP contribution in [-0.2, 0) is 0 Å². The molecule has 1 aliphatic carbocycles. The number of rotatable bonds is 4. The summed E-state index contributed by atoms with van der Waals surface area (Å²) in [6, 6.07) is 8.82. The van der Waals surface area contributed by atoms with Gasteiger partial charge in [0.1, 0.15) is 0 Å². The molecule has 0 bridgehead atoms. The highest BCUT2D eigenvalue weighted by Gasteiger charge is 2.21. The van der Waals surface area contributed by atoms with Crippen molar-refractivity contribution < 1.29 is 9.59 Å². The van der Waals surface area contributed by atoms with Crippen LogP contribution < -0.4 is 16.4 Å². The van der Waals surface area contributed by atoms with E-state index in [-0.39, 0.29) is 36.3 Å². The van der Waals surface area contributed by atoms with Gasteiger partial charge in [-0.2, -0.15) is 0 Å². The van der Waals surface area contributed by atoms with Gasteiger partial charge in [-0.05, 0) is 55.3 Å². The standard InChI is InChI=1S/C18H20ClN3O2S.ClH/c19-14-8-3-11(17(23)21-13-6-4-12(20)5-7-13)10-15(14)22-18(24)16-2-1-9-25-16;/h1-3,8-10,12-13H,4-7,20H2,(H,21,23)(H,22,24);1H. The number of halogens is 2. The van der Waals surface area contributed by atoms with Crippen molar-refractivity contribution in [1.29, 1.82) is 0 Å². The summed E-state index contributed by atoms with van der Waals surface area (Å²) in [5, 5.41) is 8.02. The van der Waals surface area contributed by atoms with Crippen LogP contribution in [0.3, 0.4) is 0 Å². The Balaban J connectivity index is 0.00000243. The van der Waals surface area contributed by atoms with E-state index in [2.05, 4.69) is 10.6 Å². The van der Waals surface area contributed by atoms with Crippen LogP contribution in [0, 0.1) is 0 Å². The molecule has 5 nitrogen and oxygen atoms in total. The van der Waals surface area contributed by atoms with Gasteiger partial charge in [0.2, 0.25) is 0 Å². The van der Waals surface area contributed by atoms with Crippen LogP contribution in [0.15, 0.2) is 35.7 Å². The van der Waals surface area contributed by atoms with Gasteiger partial charge >= 0.3 is 0 Å². The molecule has 3 rings (SSSR count). The van der Waals surface area contributed by atoms with Crippen molar-refractivity contribution in [3.05, 3.63) is 51.2 Å². The van der Waals surface area contributed by atoms with Gasteiger partial charge in [0.15, 0.2) is 0 Å². The molecule has 1 aliphatic rings. The fourth-order valence-corrected chi connectivity index (χ4v) is 3.67. The fraction of sp³-hybridized carbons (Fsp3) is 0.333. The first-order valence-electron chi connectivity index (χ1n) is 8.24. The summed E-state index contributed by atoms with van der Waals surface area (Å²) < 4.78 is 0. The van der Waals surface area contributed by atoms with Gasteiger partial charge in [-0.25, -0.2) is 0 Å². The maximum absolute atomic E-state index is 12.5. The molecule has 0 radical (unpaired) electrons. The molecule has 26 heavy (non-hydrogen) atoms. The smallest absolute Gasteiger partial charge is 0.265 e. The van der Waals surface area contributed by atoms with Crippen LogP contribution in [0.1, 0.15) is 45.7 Å². The normalized spacial score (nSPS) is 19.3. The zero-order valence-electron chi connectivity index (χ0n) is 14.0. The third-order valence-electron chi connectivity index (χ3n) is 4.33. The van der Waals surface area contributed by atoms with Gasteiger partial charge in [0.05, 0.1) is 15.6 Å². The minimum absolute atomic E-state index is 0. The van der Waals surface area contributed by atoms with Crippen molar-refractivity contribution in [2.75, 3.05) is 5.32 Å². The van der Waals surface area contributed by atoms with Gasteiger partial charge in [0.25, 0.3) is 11.8 Å². The number of carbonyl (C=O) groups excluding carboxylic acids is 2. The number of nitrogens with one attached hydrogen (secondary N) is 2.